The second-order valence-electron chi connectivity index (χ2n) is 4.07. The van der Waals surface area contributed by atoms with Gasteiger partial charge in [0.25, 0.3) is 0 Å². The molecule has 2 unspecified atom stereocenters. The highest BCUT2D eigenvalue weighted by atomic mass is 16.5. The molecule has 1 fully saturated rings. The van der Waals surface area contributed by atoms with Crippen LogP contribution in [0.4, 0.5) is 0 Å². The molecule has 0 N–H and O–H groups in total. The van der Waals surface area contributed by atoms with Gasteiger partial charge in [0.2, 0.25) is 0 Å². The van der Waals surface area contributed by atoms with Crippen molar-refractivity contribution in [2.45, 2.75) is 44.7 Å². The fraction of sp³-hybridized carbons (Fsp3) is 0.909. The van der Waals surface area contributed by atoms with Crippen molar-refractivity contribution in [3.63, 3.8) is 0 Å². The summed E-state index contributed by atoms with van der Waals surface area (Å²) in [6, 6.07) is 0.612. The molecule has 1 saturated heterocycles. The highest BCUT2D eigenvalue weighted by Gasteiger charge is 2.25. The summed E-state index contributed by atoms with van der Waals surface area (Å²) in [7, 11) is 1.72. The lowest BCUT2D eigenvalue weighted by atomic mass is 10.0. The first-order valence-corrected chi connectivity index (χ1v) is 5.49. The van der Waals surface area contributed by atoms with Gasteiger partial charge in [-0.05, 0) is 32.7 Å². The number of likely N-dealkylation sites (tertiary alicyclic amines) is 1. The Kier molecular flexibility index (Phi) is 5.12. The standard InChI is InChI=1S/C11H21NO2/c1-10(6-8-14-2)12-7-4-3-5-11(12)9-13/h9-11H,3-8H2,1-2H3. The summed E-state index contributed by atoms with van der Waals surface area (Å²) in [6.07, 6.45) is 5.56. The largest absolute Gasteiger partial charge is 0.385 e. The van der Waals surface area contributed by atoms with E-state index in [1.54, 1.807) is 7.11 Å². The molecule has 3 nitrogen and oxygen atoms in total. The van der Waals surface area contributed by atoms with Crippen molar-refractivity contribution in [1.82, 2.24) is 4.90 Å². The van der Waals surface area contributed by atoms with E-state index < -0.39 is 0 Å². The summed E-state index contributed by atoms with van der Waals surface area (Å²) in [5, 5.41) is 0. The van der Waals surface area contributed by atoms with Gasteiger partial charge in [-0.25, -0.2) is 0 Å². The number of aldehydes is 1. The summed E-state index contributed by atoms with van der Waals surface area (Å²) in [5.74, 6) is 0. The van der Waals surface area contributed by atoms with E-state index in [2.05, 4.69) is 11.8 Å². The van der Waals surface area contributed by atoms with Crippen LogP contribution in [0.1, 0.15) is 32.6 Å². The highest BCUT2D eigenvalue weighted by molar-refractivity contribution is 5.57. The van der Waals surface area contributed by atoms with E-state index in [1.807, 2.05) is 0 Å². The number of carbonyl (C=O) groups excluding carboxylic acids is 1. The number of methoxy groups -OCH3 is 1. The molecule has 0 aromatic heterocycles. The van der Waals surface area contributed by atoms with E-state index in [-0.39, 0.29) is 6.04 Å². The summed E-state index contributed by atoms with van der Waals surface area (Å²) >= 11 is 0. The zero-order valence-corrected chi connectivity index (χ0v) is 9.24. The van der Waals surface area contributed by atoms with Crippen LogP contribution in [0.5, 0.6) is 0 Å². The van der Waals surface area contributed by atoms with Gasteiger partial charge >= 0.3 is 0 Å². The average molecular weight is 199 g/mol. The van der Waals surface area contributed by atoms with Gasteiger partial charge in [0.15, 0.2) is 0 Å². The van der Waals surface area contributed by atoms with Crippen LogP contribution in [0.3, 0.4) is 0 Å². The fourth-order valence-corrected chi connectivity index (χ4v) is 2.13. The number of rotatable bonds is 5. The third-order valence-corrected chi connectivity index (χ3v) is 3.06. The van der Waals surface area contributed by atoms with Gasteiger partial charge in [-0.2, -0.15) is 0 Å². The number of nitrogens with zero attached hydrogens (tertiary/aromatic N) is 1. The van der Waals surface area contributed by atoms with Crippen molar-refractivity contribution in [2.75, 3.05) is 20.3 Å². The van der Waals surface area contributed by atoms with Crippen LogP contribution >= 0.6 is 0 Å². The zero-order valence-electron chi connectivity index (χ0n) is 9.24. The van der Waals surface area contributed by atoms with Crippen LogP contribution in [0.25, 0.3) is 0 Å². The summed E-state index contributed by atoms with van der Waals surface area (Å²) < 4.78 is 5.06. The number of hydrogen-bond donors (Lipinski definition) is 0. The number of piperidine rings is 1. The van der Waals surface area contributed by atoms with Crippen LogP contribution in [-0.2, 0) is 9.53 Å². The summed E-state index contributed by atoms with van der Waals surface area (Å²) in [4.78, 5) is 13.2. The van der Waals surface area contributed by atoms with E-state index in [4.69, 9.17) is 4.74 Å². The van der Waals surface area contributed by atoms with Crippen molar-refractivity contribution in [3.05, 3.63) is 0 Å². The second kappa shape index (κ2) is 6.14. The first-order chi connectivity index (χ1) is 6.79. The Labute approximate surface area is 86.4 Å². The predicted molar refractivity (Wildman–Crippen MR) is 56.4 cm³/mol. The SMILES string of the molecule is COCCC(C)N1CCCCC1C=O. The molecule has 0 amide bonds. The van der Waals surface area contributed by atoms with Gasteiger partial charge in [-0.3, -0.25) is 4.90 Å². The third kappa shape index (κ3) is 3.07. The Morgan fingerprint density at radius 1 is 1.57 bits per heavy atom. The number of ether oxygens (including phenoxy) is 1. The zero-order chi connectivity index (χ0) is 10.4. The smallest absolute Gasteiger partial charge is 0.137 e. The maximum absolute atomic E-state index is 10.9. The van der Waals surface area contributed by atoms with Crippen molar-refractivity contribution in [2.24, 2.45) is 0 Å². The van der Waals surface area contributed by atoms with Crippen LogP contribution in [0.2, 0.25) is 0 Å². The maximum Gasteiger partial charge on any atom is 0.137 e. The quantitative estimate of drug-likeness (QED) is 0.628. The van der Waals surface area contributed by atoms with Crippen molar-refractivity contribution in [1.29, 1.82) is 0 Å². The van der Waals surface area contributed by atoms with Crippen LogP contribution < -0.4 is 0 Å². The van der Waals surface area contributed by atoms with Crippen molar-refractivity contribution < 1.29 is 9.53 Å². The Morgan fingerprint density at radius 3 is 3.00 bits per heavy atom. The number of carbonyl (C=O) groups is 1. The Hall–Kier alpha value is -0.410. The van der Waals surface area contributed by atoms with E-state index in [0.717, 1.165) is 32.3 Å². The van der Waals surface area contributed by atoms with Crippen LogP contribution in [0, 0.1) is 0 Å². The Bertz CT molecular complexity index is 173. The minimum absolute atomic E-state index is 0.149. The van der Waals surface area contributed by atoms with Gasteiger partial charge in [-0.1, -0.05) is 6.42 Å². The van der Waals surface area contributed by atoms with Crippen LogP contribution in [0.15, 0.2) is 0 Å². The molecule has 0 spiro atoms. The molecule has 14 heavy (non-hydrogen) atoms. The van der Waals surface area contributed by atoms with E-state index in [0.29, 0.717) is 6.04 Å². The van der Waals surface area contributed by atoms with Gasteiger partial charge in [0.05, 0.1) is 6.04 Å². The molecular formula is C11H21NO2. The normalized spacial score (nSPS) is 26.0. The lowest BCUT2D eigenvalue weighted by Crippen LogP contribution is -2.46. The Morgan fingerprint density at radius 2 is 2.36 bits per heavy atom. The van der Waals surface area contributed by atoms with Crippen molar-refractivity contribution in [3.8, 4) is 0 Å². The van der Waals surface area contributed by atoms with Gasteiger partial charge in [0.1, 0.15) is 6.29 Å². The number of hydrogen-bond acceptors (Lipinski definition) is 3. The van der Waals surface area contributed by atoms with E-state index in [9.17, 15) is 4.79 Å². The fourth-order valence-electron chi connectivity index (χ4n) is 2.13. The van der Waals surface area contributed by atoms with E-state index >= 15 is 0 Å². The molecule has 0 bridgehead atoms. The topological polar surface area (TPSA) is 29.5 Å². The molecule has 1 rings (SSSR count). The summed E-state index contributed by atoms with van der Waals surface area (Å²) in [6.45, 7) is 4.03. The Balaban J connectivity index is 2.41. The van der Waals surface area contributed by atoms with Crippen molar-refractivity contribution >= 4 is 6.29 Å². The van der Waals surface area contributed by atoms with Gasteiger partial charge < -0.3 is 9.53 Å². The lowest BCUT2D eigenvalue weighted by Gasteiger charge is -2.37. The molecular weight excluding hydrogens is 178 g/mol. The van der Waals surface area contributed by atoms with Gasteiger partial charge in [-0.15, -0.1) is 0 Å². The molecule has 0 radical (unpaired) electrons. The van der Waals surface area contributed by atoms with Gasteiger partial charge in [0, 0.05) is 19.8 Å². The molecule has 1 heterocycles. The molecule has 1 aliphatic rings. The molecule has 0 aliphatic carbocycles. The monoisotopic (exact) mass is 199 g/mol. The highest BCUT2D eigenvalue weighted by Crippen LogP contribution is 2.19. The minimum atomic E-state index is 0.149. The first kappa shape index (κ1) is 11.7. The molecule has 82 valence electrons. The molecule has 2 atom stereocenters. The minimum Gasteiger partial charge on any atom is -0.385 e. The molecule has 3 heteroatoms. The first-order valence-electron chi connectivity index (χ1n) is 5.49. The molecule has 0 aromatic rings. The summed E-state index contributed by atoms with van der Waals surface area (Å²) in [5.41, 5.74) is 0. The second-order valence-corrected chi connectivity index (χ2v) is 4.07. The molecule has 0 saturated carbocycles. The molecule has 1 aliphatic heterocycles. The maximum atomic E-state index is 10.9. The predicted octanol–water partition coefficient (Wildman–Crippen LogP) is 1.46. The van der Waals surface area contributed by atoms with E-state index in [1.165, 1.54) is 12.8 Å². The molecule has 0 aromatic carbocycles. The third-order valence-electron chi connectivity index (χ3n) is 3.06. The lowest BCUT2D eigenvalue weighted by molar-refractivity contribution is -0.114. The van der Waals surface area contributed by atoms with Crippen LogP contribution in [-0.4, -0.2) is 43.5 Å². The average Bonchev–Trinajstić information content (AvgIpc) is 2.25.